The lowest BCUT2D eigenvalue weighted by Crippen LogP contribution is -2.34. The van der Waals surface area contributed by atoms with Gasteiger partial charge in [0.05, 0.1) is 0 Å². The first-order valence-electron chi connectivity index (χ1n) is 6.20. The van der Waals surface area contributed by atoms with Crippen LogP contribution in [0, 0.1) is 5.92 Å². The van der Waals surface area contributed by atoms with Crippen molar-refractivity contribution in [3.05, 3.63) is 11.9 Å². The third-order valence-electron chi connectivity index (χ3n) is 3.13. The lowest BCUT2D eigenvalue weighted by atomic mass is 9.82. The summed E-state index contributed by atoms with van der Waals surface area (Å²) in [6.45, 7) is 6.42. The number of rotatable bonds is 4. The van der Waals surface area contributed by atoms with Crippen LogP contribution in [-0.2, 0) is 0 Å². The zero-order valence-corrected chi connectivity index (χ0v) is 10.7. The van der Waals surface area contributed by atoms with E-state index in [1.807, 2.05) is 6.07 Å². The largest absolute Gasteiger partial charge is 0.367 e. The van der Waals surface area contributed by atoms with Crippen molar-refractivity contribution in [1.82, 2.24) is 9.97 Å². The summed E-state index contributed by atoms with van der Waals surface area (Å²) in [4.78, 5) is 8.84. The Balaban J connectivity index is 2.12. The monoisotopic (exact) mass is 235 g/mol. The smallest absolute Gasteiger partial charge is 0.145 e. The highest BCUT2D eigenvalue weighted by Gasteiger charge is 2.25. The fourth-order valence-electron chi connectivity index (χ4n) is 2.10. The van der Waals surface area contributed by atoms with E-state index in [-0.39, 0.29) is 0 Å². The van der Waals surface area contributed by atoms with Gasteiger partial charge in [0.2, 0.25) is 0 Å². The SMILES string of the molecule is CC1CC(Nc2cc(NN)nc(C(C)C)n2)C1. The molecule has 0 aromatic carbocycles. The molecule has 1 saturated carbocycles. The minimum absolute atomic E-state index is 0.296. The van der Waals surface area contributed by atoms with E-state index in [1.54, 1.807) is 0 Å². The molecule has 1 heterocycles. The highest BCUT2D eigenvalue weighted by atomic mass is 15.3. The summed E-state index contributed by atoms with van der Waals surface area (Å²) in [6, 6.07) is 2.40. The van der Waals surface area contributed by atoms with Crippen LogP contribution in [0.25, 0.3) is 0 Å². The predicted octanol–water partition coefficient (Wildman–Crippen LogP) is 2.10. The quantitative estimate of drug-likeness (QED) is 0.550. The average molecular weight is 235 g/mol. The van der Waals surface area contributed by atoms with Crippen LogP contribution < -0.4 is 16.6 Å². The lowest BCUT2D eigenvalue weighted by molar-refractivity contribution is 0.308. The number of nitrogens with one attached hydrogen (secondary N) is 2. The van der Waals surface area contributed by atoms with Gasteiger partial charge in [0.1, 0.15) is 17.5 Å². The summed E-state index contributed by atoms with van der Waals surface area (Å²) < 4.78 is 0. The molecular weight excluding hydrogens is 214 g/mol. The van der Waals surface area contributed by atoms with Gasteiger partial charge in [0.25, 0.3) is 0 Å². The van der Waals surface area contributed by atoms with Crippen LogP contribution in [0.15, 0.2) is 6.07 Å². The van der Waals surface area contributed by atoms with Gasteiger partial charge < -0.3 is 10.7 Å². The topological polar surface area (TPSA) is 75.9 Å². The van der Waals surface area contributed by atoms with E-state index in [4.69, 9.17) is 5.84 Å². The van der Waals surface area contributed by atoms with E-state index in [9.17, 15) is 0 Å². The van der Waals surface area contributed by atoms with Crippen LogP contribution in [0.2, 0.25) is 0 Å². The molecule has 1 fully saturated rings. The van der Waals surface area contributed by atoms with Gasteiger partial charge in [0.15, 0.2) is 0 Å². The maximum absolute atomic E-state index is 5.42. The first-order valence-corrected chi connectivity index (χ1v) is 6.20. The molecule has 0 unspecified atom stereocenters. The highest BCUT2D eigenvalue weighted by molar-refractivity contribution is 5.48. The van der Waals surface area contributed by atoms with E-state index in [2.05, 4.69) is 41.5 Å². The summed E-state index contributed by atoms with van der Waals surface area (Å²) in [5.41, 5.74) is 2.59. The molecule has 2 rings (SSSR count). The molecule has 0 aliphatic heterocycles. The van der Waals surface area contributed by atoms with Crippen LogP contribution >= 0.6 is 0 Å². The van der Waals surface area contributed by atoms with E-state index >= 15 is 0 Å². The molecular formula is C12H21N5. The fourth-order valence-corrected chi connectivity index (χ4v) is 2.10. The standard InChI is InChI=1S/C12H21N5/c1-7(2)12-15-10(6-11(16-12)17-13)14-9-4-8(3)5-9/h6-9H,4-5,13H2,1-3H3,(H2,14,15,16,17). The Bertz CT molecular complexity index is 384. The molecule has 0 atom stereocenters. The zero-order valence-electron chi connectivity index (χ0n) is 10.7. The maximum atomic E-state index is 5.42. The number of nitrogens with two attached hydrogens (primary N) is 1. The van der Waals surface area contributed by atoms with Gasteiger partial charge in [-0.1, -0.05) is 20.8 Å². The average Bonchev–Trinajstić information content (AvgIpc) is 2.26. The van der Waals surface area contributed by atoms with Crippen molar-refractivity contribution in [3.8, 4) is 0 Å². The molecule has 1 aromatic heterocycles. The highest BCUT2D eigenvalue weighted by Crippen LogP contribution is 2.29. The van der Waals surface area contributed by atoms with Gasteiger partial charge in [0, 0.05) is 18.0 Å². The molecule has 5 nitrogen and oxygen atoms in total. The Morgan fingerprint density at radius 3 is 2.47 bits per heavy atom. The molecule has 1 aliphatic rings. The van der Waals surface area contributed by atoms with Crippen LogP contribution in [0.4, 0.5) is 11.6 Å². The van der Waals surface area contributed by atoms with Crippen molar-refractivity contribution in [2.75, 3.05) is 10.7 Å². The first kappa shape index (κ1) is 12.1. The van der Waals surface area contributed by atoms with Crippen molar-refractivity contribution in [2.45, 2.75) is 45.6 Å². The molecule has 0 amide bonds. The Hall–Kier alpha value is -1.36. The number of hydrogen-bond acceptors (Lipinski definition) is 5. The van der Waals surface area contributed by atoms with Gasteiger partial charge in [-0.2, -0.15) is 0 Å². The Morgan fingerprint density at radius 2 is 1.94 bits per heavy atom. The number of anilines is 2. The predicted molar refractivity (Wildman–Crippen MR) is 69.7 cm³/mol. The van der Waals surface area contributed by atoms with Crippen molar-refractivity contribution >= 4 is 11.6 Å². The second kappa shape index (κ2) is 4.87. The normalized spacial score (nSPS) is 23.4. The summed E-state index contributed by atoms with van der Waals surface area (Å²) >= 11 is 0. The second-order valence-corrected chi connectivity index (χ2v) is 5.21. The summed E-state index contributed by atoms with van der Waals surface area (Å²) in [6.07, 6.45) is 2.43. The Morgan fingerprint density at radius 1 is 1.29 bits per heavy atom. The molecule has 94 valence electrons. The van der Waals surface area contributed by atoms with E-state index in [0.717, 1.165) is 17.6 Å². The third kappa shape index (κ3) is 2.85. The van der Waals surface area contributed by atoms with Crippen LogP contribution in [0.3, 0.4) is 0 Å². The minimum Gasteiger partial charge on any atom is -0.367 e. The van der Waals surface area contributed by atoms with Crippen LogP contribution in [0.5, 0.6) is 0 Å². The van der Waals surface area contributed by atoms with Gasteiger partial charge in [-0.15, -0.1) is 0 Å². The van der Waals surface area contributed by atoms with Crippen LogP contribution in [0.1, 0.15) is 45.4 Å². The maximum Gasteiger partial charge on any atom is 0.145 e. The molecule has 5 heteroatoms. The second-order valence-electron chi connectivity index (χ2n) is 5.21. The van der Waals surface area contributed by atoms with E-state index in [0.29, 0.717) is 17.8 Å². The summed E-state index contributed by atoms with van der Waals surface area (Å²) in [5, 5.41) is 3.43. The summed E-state index contributed by atoms with van der Waals surface area (Å²) in [7, 11) is 0. The molecule has 0 radical (unpaired) electrons. The molecule has 1 aliphatic carbocycles. The van der Waals surface area contributed by atoms with Crippen LogP contribution in [-0.4, -0.2) is 16.0 Å². The van der Waals surface area contributed by atoms with E-state index in [1.165, 1.54) is 12.8 Å². The molecule has 4 N–H and O–H groups in total. The van der Waals surface area contributed by atoms with E-state index < -0.39 is 0 Å². The van der Waals surface area contributed by atoms with Crippen molar-refractivity contribution in [2.24, 2.45) is 11.8 Å². The Labute approximate surface area is 102 Å². The van der Waals surface area contributed by atoms with Crippen molar-refractivity contribution in [1.29, 1.82) is 0 Å². The number of hydrazine groups is 1. The zero-order chi connectivity index (χ0) is 12.4. The number of aromatic nitrogens is 2. The molecule has 0 spiro atoms. The first-order chi connectivity index (χ1) is 8.08. The fraction of sp³-hybridized carbons (Fsp3) is 0.667. The van der Waals surface area contributed by atoms with Gasteiger partial charge >= 0.3 is 0 Å². The van der Waals surface area contributed by atoms with Gasteiger partial charge in [-0.05, 0) is 18.8 Å². The number of nitrogens with zero attached hydrogens (tertiary/aromatic N) is 2. The molecule has 0 bridgehead atoms. The molecule has 1 aromatic rings. The minimum atomic E-state index is 0.296. The third-order valence-corrected chi connectivity index (χ3v) is 3.13. The van der Waals surface area contributed by atoms with Crippen molar-refractivity contribution < 1.29 is 0 Å². The molecule has 17 heavy (non-hydrogen) atoms. The Kier molecular flexibility index (Phi) is 3.47. The summed E-state index contributed by atoms with van der Waals surface area (Å²) in [5.74, 6) is 8.89. The van der Waals surface area contributed by atoms with Gasteiger partial charge in [-0.25, -0.2) is 15.8 Å². The van der Waals surface area contributed by atoms with Crippen molar-refractivity contribution in [3.63, 3.8) is 0 Å². The number of nitrogen functional groups attached to an aromatic ring is 1. The lowest BCUT2D eigenvalue weighted by Gasteiger charge is -2.33. The molecule has 0 saturated heterocycles. The van der Waals surface area contributed by atoms with Gasteiger partial charge in [-0.3, -0.25) is 0 Å². The number of hydrogen-bond donors (Lipinski definition) is 3.